The van der Waals surface area contributed by atoms with Gasteiger partial charge in [-0.25, -0.2) is 0 Å². The van der Waals surface area contributed by atoms with Gasteiger partial charge in [0.25, 0.3) is 0 Å². The van der Waals surface area contributed by atoms with Gasteiger partial charge in [-0.1, -0.05) is 17.4 Å². The van der Waals surface area contributed by atoms with E-state index in [-0.39, 0.29) is 24.8 Å². The molecule has 0 amide bonds. The molecule has 2 aromatic rings. The van der Waals surface area contributed by atoms with E-state index in [1.54, 1.807) is 11.3 Å². The van der Waals surface area contributed by atoms with E-state index in [9.17, 15) is 0 Å². The number of thiophene rings is 2. The lowest BCUT2D eigenvalue weighted by atomic mass is 10.4. The molecule has 0 aliphatic carbocycles. The van der Waals surface area contributed by atoms with Gasteiger partial charge >= 0.3 is 0 Å². The second-order valence-electron chi connectivity index (χ2n) is 2.50. The van der Waals surface area contributed by atoms with Gasteiger partial charge in [-0.05, 0) is 22.9 Å². The Morgan fingerprint density at radius 3 is 2.29 bits per heavy atom. The molecule has 1 nitrogen and oxygen atoms in total. The van der Waals surface area contributed by atoms with Crippen molar-refractivity contribution in [2.45, 2.75) is 6.54 Å². The van der Waals surface area contributed by atoms with E-state index in [0.29, 0.717) is 0 Å². The fourth-order valence-corrected chi connectivity index (χ4v) is 2.36. The molecule has 0 saturated heterocycles. The summed E-state index contributed by atoms with van der Waals surface area (Å²) in [5, 5.41) is 7.87. The monoisotopic (exact) mass is 266 g/mol. The predicted octanol–water partition coefficient (Wildman–Crippen LogP) is -3.79. The first-order chi connectivity index (χ1) is 5.95. The first kappa shape index (κ1) is 13.9. The molecule has 0 fully saturated rings. The molecular weight excluding hydrogens is 257 g/mol. The maximum absolute atomic E-state index is 2.27. The van der Waals surface area contributed by atoms with Crippen LogP contribution in [0.25, 0.3) is 0 Å². The fraction of sp³-hybridized carbons (Fsp3) is 0.111. The maximum Gasteiger partial charge on any atom is 0.185 e. The maximum atomic E-state index is 2.27. The van der Waals surface area contributed by atoms with E-state index in [0.717, 1.165) is 6.54 Å². The normalized spacial score (nSPS) is 8.86. The van der Waals surface area contributed by atoms with Gasteiger partial charge in [0.2, 0.25) is 0 Å². The smallest absolute Gasteiger partial charge is 0.185 e. The van der Waals surface area contributed by atoms with Crippen LogP contribution in [0.15, 0.2) is 35.0 Å². The molecule has 0 aromatic carbocycles. The first-order valence-electron chi connectivity index (χ1n) is 3.84. The minimum absolute atomic E-state index is 0. The Balaban J connectivity index is 0.000000845. The molecule has 2 aromatic heterocycles. The Hall–Kier alpha value is -0.0600. The SMILES string of the molecule is [Cl-].[Cl-].c1csc(C[NH2+]c2cccs2)c1. The van der Waals surface area contributed by atoms with Crippen LogP contribution in [0.2, 0.25) is 0 Å². The lowest BCUT2D eigenvalue weighted by Crippen LogP contribution is -3.00. The van der Waals surface area contributed by atoms with Crippen molar-refractivity contribution in [2.24, 2.45) is 0 Å². The highest BCUT2D eigenvalue weighted by Gasteiger charge is 1.98. The molecule has 0 unspecified atom stereocenters. The molecule has 0 aliphatic rings. The highest BCUT2D eigenvalue weighted by Crippen LogP contribution is 2.10. The molecule has 0 bridgehead atoms. The number of nitrogens with two attached hydrogens (primary N) is 1. The first-order valence-corrected chi connectivity index (χ1v) is 5.60. The van der Waals surface area contributed by atoms with Crippen molar-refractivity contribution in [1.82, 2.24) is 0 Å². The van der Waals surface area contributed by atoms with Gasteiger partial charge in [0.15, 0.2) is 5.00 Å². The summed E-state index contributed by atoms with van der Waals surface area (Å²) in [6, 6.07) is 8.51. The second-order valence-corrected chi connectivity index (χ2v) is 4.51. The second kappa shape index (κ2) is 7.26. The third kappa shape index (κ3) is 3.98. The van der Waals surface area contributed by atoms with Crippen molar-refractivity contribution < 1.29 is 30.1 Å². The van der Waals surface area contributed by atoms with Crippen LogP contribution in [0, 0.1) is 0 Å². The van der Waals surface area contributed by atoms with E-state index in [1.165, 1.54) is 9.88 Å². The van der Waals surface area contributed by atoms with Crippen LogP contribution in [-0.2, 0) is 6.54 Å². The lowest BCUT2D eigenvalue weighted by molar-refractivity contribution is -0.584. The van der Waals surface area contributed by atoms with Crippen molar-refractivity contribution in [1.29, 1.82) is 0 Å². The molecule has 2 N–H and O–H groups in total. The predicted molar refractivity (Wildman–Crippen MR) is 53.9 cm³/mol. The van der Waals surface area contributed by atoms with Crippen LogP contribution in [-0.4, -0.2) is 0 Å². The molecule has 5 heteroatoms. The fourth-order valence-electron chi connectivity index (χ4n) is 1.04. The molecule has 78 valence electrons. The third-order valence-electron chi connectivity index (χ3n) is 1.63. The standard InChI is InChI=1S/C9H9NS2.2ClH/c1-3-8(11-5-1)7-10-9-4-2-6-12-9;;/h1-6,10H,7H2;2*1H/p-1. The molecule has 0 saturated carbocycles. The van der Waals surface area contributed by atoms with E-state index in [1.807, 2.05) is 11.3 Å². The van der Waals surface area contributed by atoms with E-state index in [4.69, 9.17) is 0 Å². The number of quaternary nitrogens is 1. The topological polar surface area (TPSA) is 16.6 Å². The Labute approximate surface area is 104 Å². The third-order valence-corrected chi connectivity index (χ3v) is 3.39. The van der Waals surface area contributed by atoms with Gasteiger partial charge in [-0.15, -0.1) is 11.3 Å². The summed E-state index contributed by atoms with van der Waals surface area (Å²) < 4.78 is 0. The Morgan fingerprint density at radius 1 is 1.00 bits per heavy atom. The van der Waals surface area contributed by atoms with Crippen molar-refractivity contribution in [3.8, 4) is 0 Å². The zero-order valence-corrected chi connectivity index (χ0v) is 10.5. The van der Waals surface area contributed by atoms with Gasteiger partial charge in [0.1, 0.15) is 6.54 Å². The summed E-state index contributed by atoms with van der Waals surface area (Å²) in [5.41, 5.74) is 0. The molecule has 2 rings (SSSR count). The molecule has 0 spiro atoms. The van der Waals surface area contributed by atoms with Crippen LogP contribution in [0.4, 0.5) is 5.00 Å². The van der Waals surface area contributed by atoms with E-state index < -0.39 is 0 Å². The number of halogens is 2. The van der Waals surface area contributed by atoms with Crippen LogP contribution in [0.5, 0.6) is 0 Å². The minimum Gasteiger partial charge on any atom is -1.00 e. The largest absolute Gasteiger partial charge is 1.00 e. The average Bonchev–Trinajstić information content (AvgIpc) is 2.74. The van der Waals surface area contributed by atoms with E-state index in [2.05, 4.69) is 40.3 Å². The van der Waals surface area contributed by atoms with Crippen molar-refractivity contribution in [3.05, 3.63) is 39.9 Å². The molecule has 2 heterocycles. The van der Waals surface area contributed by atoms with Gasteiger partial charge in [-0.2, -0.15) is 0 Å². The summed E-state index contributed by atoms with van der Waals surface area (Å²) >= 11 is 3.61. The van der Waals surface area contributed by atoms with E-state index >= 15 is 0 Å². The van der Waals surface area contributed by atoms with Crippen LogP contribution in [0.3, 0.4) is 0 Å². The number of hydrogen-bond acceptors (Lipinski definition) is 2. The van der Waals surface area contributed by atoms with Crippen LogP contribution < -0.4 is 30.1 Å². The zero-order chi connectivity index (χ0) is 8.23. The summed E-state index contributed by atoms with van der Waals surface area (Å²) in [4.78, 5) is 1.43. The van der Waals surface area contributed by atoms with Gasteiger partial charge < -0.3 is 30.1 Å². The quantitative estimate of drug-likeness (QED) is 0.588. The summed E-state index contributed by atoms with van der Waals surface area (Å²) in [6.07, 6.45) is 0. The number of rotatable bonds is 3. The molecular formula is C9H10Cl2NS2-. The highest BCUT2D eigenvalue weighted by atomic mass is 35.5. The minimum atomic E-state index is 0. The molecule has 0 radical (unpaired) electrons. The summed E-state index contributed by atoms with van der Waals surface area (Å²) in [6.45, 7) is 1.07. The van der Waals surface area contributed by atoms with Crippen molar-refractivity contribution >= 4 is 27.7 Å². The average molecular weight is 267 g/mol. The van der Waals surface area contributed by atoms with Crippen molar-refractivity contribution in [3.63, 3.8) is 0 Å². The molecule has 0 atom stereocenters. The Bertz CT molecular complexity index is 284. The van der Waals surface area contributed by atoms with Gasteiger partial charge in [-0.3, -0.25) is 0 Å². The zero-order valence-electron chi connectivity index (χ0n) is 7.32. The molecule has 14 heavy (non-hydrogen) atoms. The summed E-state index contributed by atoms with van der Waals surface area (Å²) in [7, 11) is 0. The van der Waals surface area contributed by atoms with Crippen LogP contribution in [0.1, 0.15) is 4.88 Å². The lowest BCUT2D eigenvalue weighted by Gasteiger charge is -1.93. The van der Waals surface area contributed by atoms with Crippen molar-refractivity contribution in [2.75, 3.05) is 0 Å². The molecule has 0 aliphatic heterocycles. The van der Waals surface area contributed by atoms with Gasteiger partial charge in [0.05, 0.1) is 4.88 Å². The highest BCUT2D eigenvalue weighted by molar-refractivity contribution is 7.13. The Morgan fingerprint density at radius 2 is 1.71 bits per heavy atom. The van der Waals surface area contributed by atoms with Gasteiger partial charge in [0, 0.05) is 6.07 Å². The van der Waals surface area contributed by atoms with Crippen LogP contribution >= 0.6 is 22.7 Å². The Kier molecular flexibility index (Phi) is 7.23. The number of hydrogen-bond donors (Lipinski definition) is 1. The summed E-state index contributed by atoms with van der Waals surface area (Å²) in [5.74, 6) is 0.